The molecule has 2 aromatic carbocycles. The minimum Gasteiger partial charge on any atom is -0.490 e. The van der Waals surface area contributed by atoms with E-state index in [4.69, 9.17) is 21.1 Å². The highest BCUT2D eigenvalue weighted by molar-refractivity contribution is 7.89. The highest BCUT2D eigenvalue weighted by Gasteiger charge is 2.33. The van der Waals surface area contributed by atoms with Crippen molar-refractivity contribution in [3.63, 3.8) is 0 Å². The molecule has 0 radical (unpaired) electrons. The van der Waals surface area contributed by atoms with Gasteiger partial charge in [-0.05, 0) is 61.6 Å². The van der Waals surface area contributed by atoms with Crippen LogP contribution in [0.5, 0.6) is 11.5 Å². The molecule has 3 aliphatic rings. The summed E-state index contributed by atoms with van der Waals surface area (Å²) < 4.78 is 39.6. The number of fused-ring (bicyclic) bond motifs is 1. The van der Waals surface area contributed by atoms with Crippen LogP contribution < -0.4 is 14.2 Å². The maximum absolute atomic E-state index is 13.4. The molecule has 1 aliphatic carbocycles. The van der Waals surface area contributed by atoms with Gasteiger partial charge in [0.2, 0.25) is 10.0 Å². The van der Waals surface area contributed by atoms with Gasteiger partial charge in [-0.25, -0.2) is 13.1 Å². The number of likely N-dealkylation sites (tertiary alicyclic amines) is 1. The Morgan fingerprint density at radius 1 is 1.00 bits per heavy atom. The molecule has 7 nitrogen and oxygen atoms in total. The van der Waals surface area contributed by atoms with Gasteiger partial charge in [-0.1, -0.05) is 17.7 Å². The molecule has 170 valence electrons. The lowest BCUT2D eigenvalue weighted by Gasteiger charge is -2.26. The summed E-state index contributed by atoms with van der Waals surface area (Å²) in [4.78, 5) is 15.2. The second-order valence-electron chi connectivity index (χ2n) is 8.45. The first kappa shape index (κ1) is 21.6. The lowest BCUT2D eigenvalue weighted by molar-refractivity contribution is 0.0735. The molecule has 0 unspecified atom stereocenters. The Kier molecular flexibility index (Phi) is 5.77. The van der Waals surface area contributed by atoms with E-state index >= 15 is 0 Å². The van der Waals surface area contributed by atoms with Crippen LogP contribution >= 0.6 is 11.6 Å². The lowest BCUT2D eigenvalue weighted by atomic mass is 10.0. The Hall–Kier alpha value is -2.29. The lowest BCUT2D eigenvalue weighted by Crippen LogP contribution is -2.31. The summed E-state index contributed by atoms with van der Waals surface area (Å²) in [6.07, 6.45) is 4.16. The molecule has 2 fully saturated rings. The molecule has 1 N–H and O–H groups in total. The van der Waals surface area contributed by atoms with Crippen LogP contribution in [-0.4, -0.2) is 45.0 Å². The number of hydrogen-bond acceptors (Lipinski definition) is 5. The second-order valence-corrected chi connectivity index (χ2v) is 10.5. The Morgan fingerprint density at radius 3 is 2.56 bits per heavy atom. The molecular formula is C23H25ClN2O5S. The molecule has 1 atom stereocenters. The average Bonchev–Trinajstić information content (AvgIpc) is 3.50. The summed E-state index contributed by atoms with van der Waals surface area (Å²) in [6.45, 7) is 1.82. The van der Waals surface area contributed by atoms with Crippen molar-refractivity contribution in [2.45, 2.75) is 49.1 Å². The van der Waals surface area contributed by atoms with Gasteiger partial charge in [0.25, 0.3) is 5.91 Å². The van der Waals surface area contributed by atoms with Crippen molar-refractivity contribution in [2.24, 2.45) is 0 Å². The van der Waals surface area contributed by atoms with Crippen LogP contribution in [0.15, 0.2) is 41.3 Å². The fourth-order valence-electron chi connectivity index (χ4n) is 4.24. The minimum atomic E-state index is -3.77. The summed E-state index contributed by atoms with van der Waals surface area (Å²) in [6, 6.07) is 10.1. The van der Waals surface area contributed by atoms with Gasteiger partial charge in [0.05, 0.1) is 24.3 Å². The van der Waals surface area contributed by atoms with Crippen molar-refractivity contribution in [2.75, 3.05) is 19.8 Å². The summed E-state index contributed by atoms with van der Waals surface area (Å²) in [5.41, 5.74) is 1.30. The van der Waals surface area contributed by atoms with Crippen LogP contribution in [0.2, 0.25) is 5.02 Å². The van der Waals surface area contributed by atoms with Crippen molar-refractivity contribution in [1.29, 1.82) is 0 Å². The number of hydrogen-bond donors (Lipinski definition) is 1. The van der Waals surface area contributed by atoms with Crippen LogP contribution in [0.1, 0.15) is 54.1 Å². The molecule has 1 amide bonds. The molecule has 1 saturated heterocycles. The van der Waals surface area contributed by atoms with Gasteiger partial charge < -0.3 is 14.4 Å². The number of carbonyl (C=O) groups is 1. The quantitative estimate of drug-likeness (QED) is 0.707. The predicted molar refractivity (Wildman–Crippen MR) is 120 cm³/mol. The molecule has 2 aliphatic heterocycles. The Morgan fingerprint density at radius 2 is 1.78 bits per heavy atom. The van der Waals surface area contributed by atoms with Gasteiger partial charge in [-0.15, -0.1) is 0 Å². The fraction of sp³-hybridized carbons (Fsp3) is 0.435. The maximum Gasteiger partial charge on any atom is 0.254 e. The highest BCUT2D eigenvalue weighted by Crippen LogP contribution is 2.39. The molecule has 5 rings (SSSR count). The van der Waals surface area contributed by atoms with Crippen LogP contribution in [-0.2, 0) is 10.0 Å². The third kappa shape index (κ3) is 4.31. The van der Waals surface area contributed by atoms with Gasteiger partial charge in [0.15, 0.2) is 11.5 Å². The van der Waals surface area contributed by atoms with Gasteiger partial charge in [0, 0.05) is 24.6 Å². The van der Waals surface area contributed by atoms with Gasteiger partial charge in [-0.2, -0.15) is 0 Å². The number of nitrogens with zero attached hydrogens (tertiary/aromatic N) is 1. The topological polar surface area (TPSA) is 84.9 Å². The molecule has 0 spiro atoms. The normalized spacial score (nSPS) is 20.8. The van der Waals surface area contributed by atoms with Crippen molar-refractivity contribution in [3.8, 4) is 11.5 Å². The maximum atomic E-state index is 13.4. The second kappa shape index (κ2) is 8.57. The first-order valence-corrected chi connectivity index (χ1v) is 12.8. The number of rotatable bonds is 5. The fourth-order valence-corrected chi connectivity index (χ4v) is 6.07. The zero-order chi connectivity index (χ0) is 22.3. The number of nitrogens with one attached hydrogen (secondary N) is 1. The number of carbonyl (C=O) groups excluding carboxylic acids is 1. The van der Waals surface area contributed by atoms with Crippen LogP contribution in [0.4, 0.5) is 0 Å². The predicted octanol–water partition coefficient (Wildman–Crippen LogP) is 3.92. The van der Waals surface area contributed by atoms with Gasteiger partial charge >= 0.3 is 0 Å². The molecule has 2 aromatic rings. The smallest absolute Gasteiger partial charge is 0.254 e. The Labute approximate surface area is 192 Å². The monoisotopic (exact) mass is 476 g/mol. The molecule has 0 aromatic heterocycles. The number of sulfonamides is 1. The average molecular weight is 477 g/mol. The first-order chi connectivity index (χ1) is 15.4. The van der Waals surface area contributed by atoms with E-state index in [9.17, 15) is 13.2 Å². The number of ether oxygens (including phenoxy) is 2. The summed E-state index contributed by atoms with van der Waals surface area (Å²) in [5.74, 6) is 1.21. The van der Waals surface area contributed by atoms with E-state index in [1.54, 1.807) is 11.0 Å². The minimum absolute atomic E-state index is 0.0437. The van der Waals surface area contributed by atoms with Gasteiger partial charge in [-0.3, -0.25) is 4.79 Å². The van der Waals surface area contributed by atoms with E-state index in [1.165, 1.54) is 12.1 Å². The van der Waals surface area contributed by atoms with E-state index in [0.717, 1.165) is 43.4 Å². The summed E-state index contributed by atoms with van der Waals surface area (Å²) in [5, 5.41) is 0.107. The van der Waals surface area contributed by atoms with Crippen molar-refractivity contribution in [1.82, 2.24) is 9.62 Å². The number of benzene rings is 2. The summed E-state index contributed by atoms with van der Waals surface area (Å²) in [7, 11) is -3.77. The highest BCUT2D eigenvalue weighted by atomic mass is 35.5. The Balaban J connectivity index is 1.41. The molecule has 32 heavy (non-hydrogen) atoms. The third-order valence-electron chi connectivity index (χ3n) is 6.04. The van der Waals surface area contributed by atoms with E-state index in [1.807, 2.05) is 18.2 Å². The molecule has 1 saturated carbocycles. The number of halogens is 1. The molecule has 2 heterocycles. The Bertz CT molecular complexity index is 1150. The standard InChI is InChI=1S/C23H25ClN2O5S/c24-18-8-4-16(14-22(18)32(28,29)25-17-6-7-17)23(27)26-10-1-3-19(26)15-5-9-20-21(13-15)31-12-2-11-30-20/h4-5,8-9,13-14,17,19,25H,1-3,6-7,10-12H2/t19-/m1/s1. The van der Waals surface area contributed by atoms with E-state index in [0.29, 0.717) is 31.1 Å². The van der Waals surface area contributed by atoms with Crippen molar-refractivity contribution >= 4 is 27.5 Å². The van der Waals surface area contributed by atoms with Crippen LogP contribution in [0, 0.1) is 0 Å². The molecule has 9 heteroatoms. The van der Waals surface area contributed by atoms with E-state index in [-0.39, 0.29) is 27.9 Å². The van der Waals surface area contributed by atoms with Crippen molar-refractivity contribution in [3.05, 3.63) is 52.5 Å². The molecular weight excluding hydrogens is 452 g/mol. The molecule has 0 bridgehead atoms. The van der Waals surface area contributed by atoms with E-state index in [2.05, 4.69) is 4.72 Å². The summed E-state index contributed by atoms with van der Waals surface area (Å²) >= 11 is 6.18. The van der Waals surface area contributed by atoms with Gasteiger partial charge in [0.1, 0.15) is 4.90 Å². The van der Waals surface area contributed by atoms with Crippen molar-refractivity contribution < 1.29 is 22.7 Å². The first-order valence-electron chi connectivity index (χ1n) is 10.9. The van der Waals surface area contributed by atoms with E-state index < -0.39 is 10.0 Å². The largest absolute Gasteiger partial charge is 0.490 e. The zero-order valence-corrected chi connectivity index (χ0v) is 19.1. The van der Waals surface area contributed by atoms with Crippen LogP contribution in [0.3, 0.4) is 0 Å². The third-order valence-corrected chi connectivity index (χ3v) is 8.04. The van der Waals surface area contributed by atoms with Crippen LogP contribution in [0.25, 0.3) is 0 Å². The SMILES string of the molecule is O=C(c1ccc(Cl)c(S(=O)(=O)NC2CC2)c1)N1CCC[C@@H]1c1ccc2c(c1)OCCCO2. The number of amides is 1. The zero-order valence-electron chi connectivity index (χ0n) is 17.6.